The summed E-state index contributed by atoms with van der Waals surface area (Å²) >= 11 is 0. The van der Waals surface area contributed by atoms with E-state index in [1.54, 1.807) is 7.05 Å². The second-order valence-electron chi connectivity index (χ2n) is 5.47. The summed E-state index contributed by atoms with van der Waals surface area (Å²) in [7, 11) is 1.79. The number of hydrogen-bond acceptors (Lipinski definition) is 3. The summed E-state index contributed by atoms with van der Waals surface area (Å²) in [5.74, 6) is -2.55. The highest BCUT2D eigenvalue weighted by Crippen LogP contribution is 2.26. The highest BCUT2D eigenvalue weighted by Gasteiger charge is 2.35. The zero-order chi connectivity index (χ0) is 16.3. The molecule has 1 heterocycles. The maximum Gasteiger partial charge on any atom is 0.227 e. The normalized spacial score (nSPS) is 18.5. The minimum Gasteiger partial charge on any atom is -0.354 e. The minimum absolute atomic E-state index is 0. The number of rotatable bonds is 5. The van der Waals surface area contributed by atoms with Gasteiger partial charge in [0.05, 0.1) is 5.92 Å². The molecule has 5 nitrogen and oxygen atoms in total. The average Bonchev–Trinajstić information content (AvgIpc) is 2.85. The molecular weight excluding hydrogens is 328 g/mol. The second-order valence-corrected chi connectivity index (χ2v) is 5.47. The highest BCUT2D eigenvalue weighted by molar-refractivity contribution is 6.00. The van der Waals surface area contributed by atoms with Gasteiger partial charge in [-0.2, -0.15) is 0 Å². The molecule has 1 saturated heterocycles. The summed E-state index contributed by atoms with van der Waals surface area (Å²) in [5.41, 5.74) is 0.140. The van der Waals surface area contributed by atoms with Crippen LogP contribution in [0.3, 0.4) is 0 Å². The number of carbonyl (C=O) groups excluding carboxylic acids is 2. The van der Waals surface area contributed by atoms with Crippen LogP contribution in [0.25, 0.3) is 0 Å². The van der Waals surface area contributed by atoms with E-state index < -0.39 is 17.6 Å². The number of hydrogen-bond donors (Lipinski definition) is 2. The molecule has 0 bridgehead atoms. The number of amides is 2. The van der Waals surface area contributed by atoms with Crippen LogP contribution in [0.5, 0.6) is 0 Å². The van der Waals surface area contributed by atoms with Gasteiger partial charge in [0.25, 0.3) is 0 Å². The number of nitrogens with one attached hydrogen (secondary N) is 2. The molecule has 1 aromatic carbocycles. The van der Waals surface area contributed by atoms with E-state index in [-0.39, 0.29) is 48.9 Å². The molecule has 0 aromatic heterocycles. The third-order valence-corrected chi connectivity index (χ3v) is 3.73. The Bertz CT molecular complexity index is 566. The van der Waals surface area contributed by atoms with Gasteiger partial charge in [-0.1, -0.05) is 0 Å². The highest BCUT2D eigenvalue weighted by atomic mass is 35.5. The fourth-order valence-corrected chi connectivity index (χ4v) is 2.33. The first-order valence-corrected chi connectivity index (χ1v) is 7.12. The third-order valence-electron chi connectivity index (χ3n) is 3.73. The molecule has 2 unspecified atom stereocenters. The van der Waals surface area contributed by atoms with E-state index in [1.165, 1.54) is 4.90 Å². The van der Waals surface area contributed by atoms with Gasteiger partial charge < -0.3 is 15.5 Å². The largest absolute Gasteiger partial charge is 0.354 e. The van der Waals surface area contributed by atoms with Crippen molar-refractivity contribution in [3.63, 3.8) is 0 Å². The molecule has 128 valence electrons. The number of benzene rings is 1. The Morgan fingerprint density at radius 3 is 2.52 bits per heavy atom. The second kappa shape index (κ2) is 8.21. The van der Waals surface area contributed by atoms with Crippen LogP contribution in [0.2, 0.25) is 0 Å². The zero-order valence-electron chi connectivity index (χ0n) is 12.9. The maximum absolute atomic E-state index is 13.2. The predicted octanol–water partition coefficient (Wildman–Crippen LogP) is 1.46. The van der Waals surface area contributed by atoms with E-state index in [0.717, 1.165) is 18.2 Å². The number of anilines is 1. The Morgan fingerprint density at radius 1 is 1.35 bits per heavy atom. The van der Waals surface area contributed by atoms with Crippen LogP contribution in [-0.2, 0) is 9.59 Å². The molecule has 8 heteroatoms. The van der Waals surface area contributed by atoms with Gasteiger partial charge in [0.15, 0.2) is 0 Å². The van der Waals surface area contributed by atoms with Crippen molar-refractivity contribution in [3.8, 4) is 0 Å². The van der Waals surface area contributed by atoms with E-state index in [1.807, 2.05) is 6.92 Å². The standard InChI is InChI=1S/C15H19F2N3O2.ClH/c1-9(18-2)7-19-15(22)10-3-14(21)20(8-10)13-5-11(16)4-12(17)6-13;/h4-6,9-10,18H,3,7-8H2,1-2H3,(H,19,22);1H. The third kappa shape index (κ3) is 4.87. The summed E-state index contributed by atoms with van der Waals surface area (Å²) in [6.07, 6.45) is 0.0396. The topological polar surface area (TPSA) is 61.4 Å². The van der Waals surface area contributed by atoms with Crippen LogP contribution in [0, 0.1) is 17.6 Å². The molecule has 0 spiro atoms. The van der Waals surface area contributed by atoms with Gasteiger partial charge in [0.1, 0.15) is 11.6 Å². The molecule has 1 aliphatic heterocycles. The van der Waals surface area contributed by atoms with Crippen molar-refractivity contribution in [2.24, 2.45) is 5.92 Å². The fourth-order valence-electron chi connectivity index (χ4n) is 2.33. The van der Waals surface area contributed by atoms with E-state index in [9.17, 15) is 18.4 Å². The van der Waals surface area contributed by atoms with Crippen LogP contribution in [0.4, 0.5) is 14.5 Å². The molecule has 23 heavy (non-hydrogen) atoms. The van der Waals surface area contributed by atoms with Crippen molar-refractivity contribution in [3.05, 3.63) is 29.8 Å². The van der Waals surface area contributed by atoms with Crippen molar-refractivity contribution < 1.29 is 18.4 Å². The number of likely N-dealkylation sites (N-methyl/N-ethyl adjacent to an activating group) is 1. The fraction of sp³-hybridized carbons (Fsp3) is 0.467. The molecular formula is C15H20ClF2N3O2. The Kier molecular flexibility index (Phi) is 6.90. The first-order valence-electron chi connectivity index (χ1n) is 7.12. The summed E-state index contributed by atoms with van der Waals surface area (Å²) in [4.78, 5) is 25.3. The lowest BCUT2D eigenvalue weighted by Gasteiger charge is -2.17. The summed E-state index contributed by atoms with van der Waals surface area (Å²) in [6.45, 7) is 2.50. The van der Waals surface area contributed by atoms with Crippen molar-refractivity contribution in [2.45, 2.75) is 19.4 Å². The lowest BCUT2D eigenvalue weighted by atomic mass is 10.1. The van der Waals surface area contributed by atoms with Gasteiger partial charge in [0, 0.05) is 37.3 Å². The molecule has 1 aromatic rings. The van der Waals surface area contributed by atoms with Crippen LogP contribution in [-0.4, -0.2) is 38.0 Å². The Labute approximate surface area is 139 Å². The molecule has 0 radical (unpaired) electrons. The lowest BCUT2D eigenvalue weighted by Crippen LogP contribution is -2.40. The quantitative estimate of drug-likeness (QED) is 0.848. The van der Waals surface area contributed by atoms with Gasteiger partial charge >= 0.3 is 0 Å². The van der Waals surface area contributed by atoms with Crippen LogP contribution in [0.1, 0.15) is 13.3 Å². The smallest absolute Gasteiger partial charge is 0.227 e. The molecule has 0 saturated carbocycles. The van der Waals surface area contributed by atoms with Gasteiger partial charge in [0.2, 0.25) is 11.8 Å². The predicted molar refractivity (Wildman–Crippen MR) is 85.6 cm³/mol. The molecule has 1 fully saturated rings. The van der Waals surface area contributed by atoms with E-state index in [4.69, 9.17) is 0 Å². The van der Waals surface area contributed by atoms with E-state index >= 15 is 0 Å². The zero-order valence-corrected chi connectivity index (χ0v) is 13.8. The molecule has 2 amide bonds. The van der Waals surface area contributed by atoms with Gasteiger partial charge in [-0.05, 0) is 26.1 Å². The molecule has 2 N–H and O–H groups in total. The molecule has 2 rings (SSSR count). The van der Waals surface area contributed by atoms with Crippen molar-refractivity contribution in [2.75, 3.05) is 25.0 Å². The lowest BCUT2D eigenvalue weighted by molar-refractivity contribution is -0.126. The average molecular weight is 348 g/mol. The van der Waals surface area contributed by atoms with E-state index in [2.05, 4.69) is 10.6 Å². The van der Waals surface area contributed by atoms with Crippen LogP contribution < -0.4 is 15.5 Å². The molecule has 1 aliphatic rings. The first kappa shape index (κ1) is 19.3. The SMILES string of the molecule is CNC(C)CNC(=O)C1CC(=O)N(c2cc(F)cc(F)c2)C1.Cl. The maximum atomic E-state index is 13.2. The van der Waals surface area contributed by atoms with Crippen LogP contribution >= 0.6 is 12.4 Å². The monoisotopic (exact) mass is 347 g/mol. The van der Waals surface area contributed by atoms with Crippen molar-refractivity contribution in [1.82, 2.24) is 10.6 Å². The Morgan fingerprint density at radius 2 is 1.96 bits per heavy atom. The summed E-state index contributed by atoms with van der Waals surface area (Å²) < 4.78 is 26.5. The minimum atomic E-state index is -0.751. The van der Waals surface area contributed by atoms with Gasteiger partial charge in [-0.3, -0.25) is 9.59 Å². The number of nitrogens with zero attached hydrogens (tertiary/aromatic N) is 1. The Balaban J connectivity index is 0.00000264. The summed E-state index contributed by atoms with van der Waals surface area (Å²) in [6, 6.07) is 3.04. The Hall–Kier alpha value is -1.73. The van der Waals surface area contributed by atoms with Crippen molar-refractivity contribution in [1.29, 1.82) is 0 Å². The number of carbonyl (C=O) groups is 2. The van der Waals surface area contributed by atoms with Crippen molar-refractivity contribution >= 4 is 29.9 Å². The first-order chi connectivity index (χ1) is 10.4. The van der Waals surface area contributed by atoms with Crippen LogP contribution in [0.15, 0.2) is 18.2 Å². The van der Waals surface area contributed by atoms with Gasteiger partial charge in [-0.15, -0.1) is 12.4 Å². The van der Waals surface area contributed by atoms with Gasteiger partial charge in [-0.25, -0.2) is 8.78 Å². The molecule has 2 atom stereocenters. The summed E-state index contributed by atoms with van der Waals surface area (Å²) in [5, 5.41) is 5.75. The molecule has 0 aliphatic carbocycles. The van der Waals surface area contributed by atoms with E-state index in [0.29, 0.717) is 6.54 Å². The number of halogens is 3.